The minimum Gasteiger partial charge on any atom is -0.382 e. The molecule has 2 aromatic rings. The van der Waals surface area contributed by atoms with E-state index < -0.39 is 23.5 Å². The van der Waals surface area contributed by atoms with Crippen molar-refractivity contribution in [1.29, 1.82) is 0 Å². The lowest BCUT2D eigenvalue weighted by Crippen LogP contribution is -2.34. The van der Waals surface area contributed by atoms with E-state index in [1.54, 1.807) is 0 Å². The van der Waals surface area contributed by atoms with Crippen LogP contribution < -0.4 is 5.73 Å². The fourth-order valence-electron chi connectivity index (χ4n) is 1.77. The number of hydrogen-bond acceptors (Lipinski definition) is 2. The van der Waals surface area contributed by atoms with Crippen molar-refractivity contribution in [2.24, 2.45) is 0 Å². The van der Waals surface area contributed by atoms with Crippen LogP contribution in [0.3, 0.4) is 0 Å². The van der Waals surface area contributed by atoms with Crippen LogP contribution >= 0.6 is 11.6 Å². The molecular formula is C13H7ClF6N2. The highest BCUT2D eigenvalue weighted by molar-refractivity contribution is 6.35. The number of pyridine rings is 1. The zero-order valence-electron chi connectivity index (χ0n) is 10.6. The molecule has 0 atom stereocenters. The quantitative estimate of drug-likeness (QED) is 0.799. The van der Waals surface area contributed by atoms with Gasteiger partial charge >= 0.3 is 12.1 Å². The normalized spacial score (nSPS) is 12.5. The van der Waals surface area contributed by atoms with Crippen LogP contribution in [0.15, 0.2) is 30.5 Å². The predicted molar refractivity (Wildman–Crippen MR) is 69.0 cm³/mol. The molecule has 0 aliphatic carbocycles. The van der Waals surface area contributed by atoms with E-state index in [4.69, 9.17) is 17.3 Å². The molecule has 118 valence electrons. The van der Waals surface area contributed by atoms with E-state index in [1.807, 2.05) is 0 Å². The summed E-state index contributed by atoms with van der Waals surface area (Å²) in [5, 5.41) is -0.0581. The summed E-state index contributed by atoms with van der Waals surface area (Å²) in [5.74, 6) is -7.08. The van der Waals surface area contributed by atoms with Crippen molar-refractivity contribution >= 4 is 17.4 Å². The van der Waals surface area contributed by atoms with E-state index in [9.17, 15) is 26.3 Å². The number of nitrogens with two attached hydrogens (primary N) is 1. The van der Waals surface area contributed by atoms with E-state index in [0.29, 0.717) is 12.1 Å². The molecule has 0 unspecified atom stereocenters. The SMILES string of the molecule is Nc1nccc(-c2ccc(C(F)(F)C(F)(F)F)c(F)c2)c1Cl. The average molecular weight is 341 g/mol. The van der Waals surface area contributed by atoms with E-state index in [1.165, 1.54) is 12.3 Å². The minimum absolute atomic E-state index is 0.00155. The van der Waals surface area contributed by atoms with E-state index >= 15 is 0 Å². The number of anilines is 1. The Hall–Kier alpha value is -1.96. The number of benzene rings is 1. The Morgan fingerprint density at radius 1 is 1.05 bits per heavy atom. The maximum Gasteiger partial charge on any atom is 0.458 e. The molecule has 0 spiro atoms. The first-order chi connectivity index (χ1) is 10.1. The highest BCUT2D eigenvalue weighted by Gasteiger charge is 2.59. The number of aromatic nitrogens is 1. The van der Waals surface area contributed by atoms with Crippen molar-refractivity contribution in [2.75, 3.05) is 5.73 Å². The number of halogens is 7. The second-order valence-electron chi connectivity index (χ2n) is 4.32. The largest absolute Gasteiger partial charge is 0.458 e. The monoisotopic (exact) mass is 340 g/mol. The molecule has 0 aliphatic rings. The van der Waals surface area contributed by atoms with Gasteiger partial charge in [-0.25, -0.2) is 9.37 Å². The van der Waals surface area contributed by atoms with Gasteiger partial charge in [-0.05, 0) is 23.8 Å². The van der Waals surface area contributed by atoms with E-state index in [0.717, 1.165) is 6.07 Å². The van der Waals surface area contributed by atoms with Crippen LogP contribution in [0, 0.1) is 5.82 Å². The van der Waals surface area contributed by atoms with Crippen molar-refractivity contribution in [3.05, 3.63) is 46.9 Å². The van der Waals surface area contributed by atoms with Crippen molar-refractivity contribution in [3.63, 3.8) is 0 Å². The highest BCUT2D eigenvalue weighted by atomic mass is 35.5. The average Bonchev–Trinajstić information content (AvgIpc) is 2.40. The van der Waals surface area contributed by atoms with Crippen LogP contribution in [0.2, 0.25) is 5.02 Å². The van der Waals surface area contributed by atoms with Gasteiger partial charge in [0.25, 0.3) is 0 Å². The van der Waals surface area contributed by atoms with Crippen LogP contribution in [0.25, 0.3) is 11.1 Å². The van der Waals surface area contributed by atoms with Gasteiger partial charge < -0.3 is 5.73 Å². The van der Waals surface area contributed by atoms with Gasteiger partial charge in [0.1, 0.15) is 11.6 Å². The molecule has 0 bridgehead atoms. The molecule has 22 heavy (non-hydrogen) atoms. The molecule has 1 aromatic carbocycles. The van der Waals surface area contributed by atoms with Gasteiger partial charge in [0.15, 0.2) is 0 Å². The van der Waals surface area contributed by atoms with Crippen LogP contribution in [0.1, 0.15) is 5.56 Å². The highest BCUT2D eigenvalue weighted by Crippen LogP contribution is 2.45. The molecule has 0 saturated carbocycles. The summed E-state index contributed by atoms with van der Waals surface area (Å²) in [4.78, 5) is 3.66. The van der Waals surface area contributed by atoms with Crippen molar-refractivity contribution in [2.45, 2.75) is 12.1 Å². The van der Waals surface area contributed by atoms with Gasteiger partial charge in [-0.1, -0.05) is 17.7 Å². The molecule has 0 aliphatic heterocycles. The van der Waals surface area contributed by atoms with Crippen molar-refractivity contribution < 1.29 is 26.3 Å². The molecule has 2 nitrogen and oxygen atoms in total. The fourth-order valence-corrected chi connectivity index (χ4v) is 1.99. The zero-order chi connectivity index (χ0) is 16.7. The van der Waals surface area contributed by atoms with Crippen molar-refractivity contribution in [3.8, 4) is 11.1 Å². The van der Waals surface area contributed by atoms with Gasteiger partial charge in [-0.3, -0.25) is 0 Å². The van der Waals surface area contributed by atoms with E-state index in [-0.39, 0.29) is 22.0 Å². The third-order valence-electron chi connectivity index (χ3n) is 2.89. The number of rotatable bonds is 2. The van der Waals surface area contributed by atoms with Crippen LogP contribution in [0.5, 0.6) is 0 Å². The molecule has 0 saturated heterocycles. The Balaban J connectivity index is 2.54. The third-order valence-corrected chi connectivity index (χ3v) is 3.29. The molecule has 1 aromatic heterocycles. The maximum atomic E-state index is 13.7. The first-order valence-electron chi connectivity index (χ1n) is 5.70. The summed E-state index contributed by atoms with van der Waals surface area (Å²) in [6.45, 7) is 0. The van der Waals surface area contributed by atoms with Gasteiger partial charge in [-0.15, -0.1) is 0 Å². The van der Waals surface area contributed by atoms with E-state index in [2.05, 4.69) is 4.98 Å². The molecule has 2 N–H and O–H groups in total. The van der Waals surface area contributed by atoms with Crippen molar-refractivity contribution in [1.82, 2.24) is 4.98 Å². The molecule has 9 heteroatoms. The van der Waals surface area contributed by atoms with Gasteiger partial charge in [0, 0.05) is 11.8 Å². The second kappa shape index (κ2) is 5.35. The summed E-state index contributed by atoms with van der Waals surface area (Å²) in [5.41, 5.74) is 3.85. The topological polar surface area (TPSA) is 38.9 Å². The summed E-state index contributed by atoms with van der Waals surface area (Å²) in [7, 11) is 0. The van der Waals surface area contributed by atoms with Crippen LogP contribution in [-0.2, 0) is 5.92 Å². The van der Waals surface area contributed by atoms with Gasteiger partial charge in [0.2, 0.25) is 0 Å². The Kier molecular flexibility index (Phi) is 3.99. The number of hydrogen-bond donors (Lipinski definition) is 1. The third kappa shape index (κ3) is 2.70. The first-order valence-corrected chi connectivity index (χ1v) is 6.08. The van der Waals surface area contributed by atoms with Gasteiger partial charge in [-0.2, -0.15) is 22.0 Å². The molecule has 0 radical (unpaired) electrons. The summed E-state index contributed by atoms with van der Waals surface area (Å²) >= 11 is 5.84. The standard InChI is InChI=1S/C13H7ClF6N2/c14-10-7(3-4-22-11(10)21)6-1-2-8(9(15)5-6)12(16,17)13(18,19)20/h1-5H,(H2,21,22). The summed E-state index contributed by atoms with van der Waals surface area (Å²) in [6, 6.07) is 3.13. The summed E-state index contributed by atoms with van der Waals surface area (Å²) in [6.07, 6.45) is -4.65. The first kappa shape index (κ1) is 16.4. The second-order valence-corrected chi connectivity index (χ2v) is 4.70. The van der Waals surface area contributed by atoms with Crippen LogP contribution in [0.4, 0.5) is 32.2 Å². The Morgan fingerprint density at radius 3 is 2.23 bits per heavy atom. The smallest absolute Gasteiger partial charge is 0.382 e. The Labute approximate surface area is 125 Å². The number of nitrogen functional groups attached to an aromatic ring is 1. The lowest BCUT2D eigenvalue weighted by molar-refractivity contribution is -0.290. The molecule has 2 rings (SSSR count). The molecule has 1 heterocycles. The molecule has 0 amide bonds. The number of nitrogens with zero attached hydrogens (tertiary/aromatic N) is 1. The minimum atomic E-state index is -5.89. The zero-order valence-corrected chi connectivity index (χ0v) is 11.3. The molecule has 0 fully saturated rings. The summed E-state index contributed by atoms with van der Waals surface area (Å²) < 4.78 is 76.9. The lowest BCUT2D eigenvalue weighted by atomic mass is 10.0. The maximum absolute atomic E-state index is 13.7. The Morgan fingerprint density at radius 2 is 1.68 bits per heavy atom. The Bertz CT molecular complexity index is 714. The van der Waals surface area contributed by atoms with Gasteiger partial charge in [0.05, 0.1) is 10.6 Å². The fraction of sp³-hybridized carbons (Fsp3) is 0.154. The predicted octanol–water partition coefficient (Wildman–Crippen LogP) is 4.78. The van der Waals surface area contributed by atoms with Crippen LogP contribution in [-0.4, -0.2) is 11.2 Å². The molecular weight excluding hydrogens is 334 g/mol. The lowest BCUT2D eigenvalue weighted by Gasteiger charge is -2.20. The number of alkyl halides is 5.